The van der Waals surface area contributed by atoms with Crippen LogP contribution in [0.3, 0.4) is 0 Å². The highest BCUT2D eigenvalue weighted by molar-refractivity contribution is 5.39. The average molecular weight is 277 g/mol. The Balaban J connectivity index is 2.72. The zero-order valence-electron chi connectivity index (χ0n) is 13.8. The molecule has 0 saturated carbocycles. The molecule has 0 aliphatic carbocycles. The van der Waals surface area contributed by atoms with Crippen molar-refractivity contribution in [1.82, 2.24) is 10.2 Å². The second kappa shape index (κ2) is 8.40. The topological polar surface area (TPSA) is 41.3 Å². The third kappa shape index (κ3) is 4.58. The summed E-state index contributed by atoms with van der Waals surface area (Å²) < 4.78 is 0. The molecule has 0 saturated heterocycles. The summed E-state index contributed by atoms with van der Waals surface area (Å²) in [6.45, 7) is 15.8. The third-order valence-corrected chi connectivity index (χ3v) is 4.04. The number of aryl methyl sites for hydroxylation is 3. The van der Waals surface area contributed by atoms with Gasteiger partial charge in [0.05, 0.1) is 0 Å². The zero-order valence-corrected chi connectivity index (χ0v) is 13.8. The van der Waals surface area contributed by atoms with Crippen LogP contribution in [0.4, 0.5) is 0 Å². The normalized spacial score (nSPS) is 12.9. The maximum absolute atomic E-state index is 5.99. The SMILES string of the molecule is CCN(CC)CCNC(CN)c1c(C)cc(C)cc1C. The van der Waals surface area contributed by atoms with Crippen LogP contribution in [-0.4, -0.2) is 37.6 Å². The van der Waals surface area contributed by atoms with Crippen LogP contribution in [0.1, 0.15) is 42.1 Å². The second-order valence-electron chi connectivity index (χ2n) is 5.58. The molecule has 0 bridgehead atoms. The van der Waals surface area contributed by atoms with Gasteiger partial charge >= 0.3 is 0 Å². The van der Waals surface area contributed by atoms with Crippen molar-refractivity contribution in [2.45, 2.75) is 40.7 Å². The lowest BCUT2D eigenvalue weighted by Gasteiger charge is -2.24. The highest BCUT2D eigenvalue weighted by Crippen LogP contribution is 2.22. The lowest BCUT2D eigenvalue weighted by atomic mass is 9.94. The van der Waals surface area contributed by atoms with E-state index in [1.165, 1.54) is 22.3 Å². The molecule has 0 spiro atoms. The summed E-state index contributed by atoms with van der Waals surface area (Å²) in [5.74, 6) is 0. The molecular weight excluding hydrogens is 246 g/mol. The van der Waals surface area contributed by atoms with E-state index in [0.717, 1.165) is 26.2 Å². The number of hydrogen-bond donors (Lipinski definition) is 2. The Morgan fingerprint density at radius 1 is 1.10 bits per heavy atom. The van der Waals surface area contributed by atoms with Crippen LogP contribution in [-0.2, 0) is 0 Å². The summed E-state index contributed by atoms with van der Waals surface area (Å²) in [7, 11) is 0. The van der Waals surface area contributed by atoms with E-state index in [1.807, 2.05) is 0 Å². The molecule has 3 N–H and O–H groups in total. The number of hydrogen-bond acceptors (Lipinski definition) is 3. The minimum absolute atomic E-state index is 0.256. The van der Waals surface area contributed by atoms with Crippen molar-refractivity contribution < 1.29 is 0 Å². The minimum Gasteiger partial charge on any atom is -0.329 e. The van der Waals surface area contributed by atoms with E-state index in [-0.39, 0.29) is 6.04 Å². The summed E-state index contributed by atoms with van der Waals surface area (Å²) >= 11 is 0. The predicted molar refractivity (Wildman–Crippen MR) is 88.2 cm³/mol. The van der Waals surface area contributed by atoms with Gasteiger partial charge in [0.15, 0.2) is 0 Å². The van der Waals surface area contributed by atoms with Crippen LogP contribution in [0.2, 0.25) is 0 Å². The van der Waals surface area contributed by atoms with Crippen LogP contribution in [0.5, 0.6) is 0 Å². The first-order valence-electron chi connectivity index (χ1n) is 7.76. The van der Waals surface area contributed by atoms with Gasteiger partial charge in [-0.2, -0.15) is 0 Å². The molecule has 0 amide bonds. The van der Waals surface area contributed by atoms with Crippen LogP contribution >= 0.6 is 0 Å². The molecule has 3 heteroatoms. The molecule has 0 aliphatic heterocycles. The number of likely N-dealkylation sites (N-methyl/N-ethyl adjacent to an activating group) is 1. The molecule has 0 radical (unpaired) electrons. The van der Waals surface area contributed by atoms with Gasteiger partial charge in [-0.25, -0.2) is 0 Å². The molecule has 0 fully saturated rings. The molecule has 1 aromatic rings. The standard InChI is InChI=1S/C17H31N3/c1-6-20(7-2)9-8-19-16(12-18)17-14(4)10-13(3)11-15(17)5/h10-11,16,19H,6-9,12,18H2,1-5H3. The van der Waals surface area contributed by atoms with Crippen molar-refractivity contribution in [3.63, 3.8) is 0 Å². The van der Waals surface area contributed by atoms with Crippen LogP contribution < -0.4 is 11.1 Å². The van der Waals surface area contributed by atoms with E-state index in [0.29, 0.717) is 6.54 Å². The van der Waals surface area contributed by atoms with E-state index in [2.05, 4.69) is 57.0 Å². The van der Waals surface area contributed by atoms with Crippen LogP contribution in [0.25, 0.3) is 0 Å². The van der Waals surface area contributed by atoms with Crippen molar-refractivity contribution in [2.24, 2.45) is 5.73 Å². The minimum atomic E-state index is 0.256. The Labute approximate surface area is 124 Å². The Hall–Kier alpha value is -0.900. The molecular formula is C17H31N3. The first kappa shape index (κ1) is 17.2. The molecule has 0 heterocycles. The largest absolute Gasteiger partial charge is 0.329 e. The predicted octanol–water partition coefficient (Wildman–Crippen LogP) is 2.54. The van der Waals surface area contributed by atoms with Gasteiger partial charge in [-0.15, -0.1) is 0 Å². The quantitative estimate of drug-likeness (QED) is 0.767. The van der Waals surface area contributed by atoms with Crippen molar-refractivity contribution in [3.05, 3.63) is 34.4 Å². The summed E-state index contributed by atoms with van der Waals surface area (Å²) in [4.78, 5) is 2.43. The smallest absolute Gasteiger partial charge is 0.0450 e. The molecule has 0 aliphatic rings. The Bertz CT molecular complexity index is 388. The van der Waals surface area contributed by atoms with E-state index in [4.69, 9.17) is 5.73 Å². The van der Waals surface area contributed by atoms with Crippen LogP contribution in [0, 0.1) is 20.8 Å². The molecule has 1 unspecified atom stereocenters. The van der Waals surface area contributed by atoms with Gasteiger partial charge in [-0.3, -0.25) is 0 Å². The molecule has 1 rings (SSSR count). The average Bonchev–Trinajstić information content (AvgIpc) is 2.40. The first-order valence-corrected chi connectivity index (χ1v) is 7.76. The number of rotatable bonds is 8. The lowest BCUT2D eigenvalue weighted by Crippen LogP contribution is -2.36. The van der Waals surface area contributed by atoms with Crippen molar-refractivity contribution in [3.8, 4) is 0 Å². The Kier molecular flexibility index (Phi) is 7.20. The third-order valence-electron chi connectivity index (χ3n) is 4.04. The number of nitrogens with zero attached hydrogens (tertiary/aromatic N) is 1. The van der Waals surface area contributed by atoms with Gasteiger partial charge in [0.25, 0.3) is 0 Å². The van der Waals surface area contributed by atoms with Gasteiger partial charge in [-0.05, 0) is 50.6 Å². The van der Waals surface area contributed by atoms with Gasteiger partial charge in [-0.1, -0.05) is 31.5 Å². The molecule has 0 aromatic heterocycles. The summed E-state index contributed by atoms with van der Waals surface area (Å²) in [6, 6.07) is 4.75. The van der Waals surface area contributed by atoms with E-state index in [9.17, 15) is 0 Å². The van der Waals surface area contributed by atoms with Crippen molar-refractivity contribution >= 4 is 0 Å². The van der Waals surface area contributed by atoms with Crippen molar-refractivity contribution in [2.75, 3.05) is 32.7 Å². The second-order valence-corrected chi connectivity index (χ2v) is 5.58. The lowest BCUT2D eigenvalue weighted by molar-refractivity contribution is 0.296. The first-order chi connectivity index (χ1) is 9.53. The van der Waals surface area contributed by atoms with E-state index in [1.54, 1.807) is 0 Å². The fourth-order valence-electron chi connectivity index (χ4n) is 2.98. The number of nitrogens with one attached hydrogen (secondary N) is 1. The molecule has 3 nitrogen and oxygen atoms in total. The van der Waals surface area contributed by atoms with Gasteiger partial charge < -0.3 is 16.0 Å². The molecule has 1 aromatic carbocycles. The highest BCUT2D eigenvalue weighted by Gasteiger charge is 2.14. The number of nitrogens with two attached hydrogens (primary N) is 1. The Morgan fingerprint density at radius 3 is 2.10 bits per heavy atom. The monoisotopic (exact) mass is 277 g/mol. The summed E-state index contributed by atoms with van der Waals surface area (Å²) in [6.07, 6.45) is 0. The highest BCUT2D eigenvalue weighted by atomic mass is 15.1. The van der Waals surface area contributed by atoms with Crippen molar-refractivity contribution in [1.29, 1.82) is 0 Å². The fourth-order valence-corrected chi connectivity index (χ4v) is 2.98. The molecule has 1 atom stereocenters. The van der Waals surface area contributed by atoms with E-state index >= 15 is 0 Å². The maximum atomic E-state index is 5.99. The maximum Gasteiger partial charge on any atom is 0.0450 e. The fraction of sp³-hybridized carbons (Fsp3) is 0.647. The van der Waals surface area contributed by atoms with Gasteiger partial charge in [0.2, 0.25) is 0 Å². The van der Waals surface area contributed by atoms with Crippen LogP contribution in [0.15, 0.2) is 12.1 Å². The zero-order chi connectivity index (χ0) is 15.1. The van der Waals surface area contributed by atoms with Gasteiger partial charge in [0, 0.05) is 25.7 Å². The summed E-state index contributed by atoms with van der Waals surface area (Å²) in [5.41, 5.74) is 11.4. The van der Waals surface area contributed by atoms with E-state index < -0.39 is 0 Å². The molecule has 114 valence electrons. The number of benzene rings is 1. The van der Waals surface area contributed by atoms with Gasteiger partial charge in [0.1, 0.15) is 0 Å². The summed E-state index contributed by atoms with van der Waals surface area (Å²) in [5, 5.41) is 3.62. The Morgan fingerprint density at radius 2 is 1.65 bits per heavy atom. The molecule has 20 heavy (non-hydrogen) atoms.